The molecule has 0 aliphatic carbocycles. The summed E-state index contributed by atoms with van der Waals surface area (Å²) < 4.78 is 0. The van der Waals surface area contributed by atoms with Crippen molar-refractivity contribution in [1.82, 2.24) is 15.6 Å². The molecule has 1 aromatic heterocycles. The lowest BCUT2D eigenvalue weighted by Gasteiger charge is -2.32. The Labute approximate surface area is 187 Å². The van der Waals surface area contributed by atoms with Gasteiger partial charge in [-0.1, -0.05) is 19.9 Å². The van der Waals surface area contributed by atoms with Gasteiger partial charge < -0.3 is 20.6 Å². The van der Waals surface area contributed by atoms with Gasteiger partial charge in [0.15, 0.2) is 5.96 Å². The Hall–Kier alpha value is -1.09. The largest absolute Gasteiger partial charge is 0.396 e. The molecule has 0 bridgehead atoms. The first-order chi connectivity index (χ1) is 13.2. The van der Waals surface area contributed by atoms with Crippen LogP contribution in [0.4, 0.5) is 5.82 Å². The van der Waals surface area contributed by atoms with Gasteiger partial charge in [0.2, 0.25) is 0 Å². The summed E-state index contributed by atoms with van der Waals surface area (Å²) in [5, 5.41) is 16.2. The number of rotatable bonds is 10. The molecule has 2 rings (SSSR count). The third-order valence-corrected chi connectivity index (χ3v) is 5.78. The van der Waals surface area contributed by atoms with Crippen molar-refractivity contribution in [3.8, 4) is 0 Å². The zero-order valence-corrected chi connectivity index (χ0v) is 20.0. The number of nitrogens with zero attached hydrogens (tertiary/aromatic N) is 3. The molecule has 0 unspecified atom stereocenters. The molecule has 1 saturated heterocycles. The number of pyridine rings is 1. The van der Waals surface area contributed by atoms with Crippen LogP contribution in [0.5, 0.6) is 0 Å². The van der Waals surface area contributed by atoms with Gasteiger partial charge in [-0.25, -0.2) is 9.98 Å². The van der Waals surface area contributed by atoms with E-state index in [1.165, 1.54) is 12.8 Å². The third-order valence-electron chi connectivity index (χ3n) is 5.78. The molecular weight excluding hydrogens is 465 g/mol. The third kappa shape index (κ3) is 7.39. The first-order valence-electron chi connectivity index (χ1n) is 10.5. The summed E-state index contributed by atoms with van der Waals surface area (Å²) in [7, 11) is 0. The monoisotopic (exact) mass is 503 g/mol. The van der Waals surface area contributed by atoms with E-state index in [1.807, 2.05) is 6.20 Å². The number of nitrogens with one attached hydrogen (secondary N) is 2. The number of aromatic nitrogens is 1. The molecule has 0 aromatic carbocycles. The van der Waals surface area contributed by atoms with Gasteiger partial charge in [-0.2, -0.15) is 0 Å². The molecule has 28 heavy (non-hydrogen) atoms. The van der Waals surface area contributed by atoms with Crippen LogP contribution in [0, 0.1) is 5.41 Å². The van der Waals surface area contributed by atoms with Crippen molar-refractivity contribution in [2.75, 3.05) is 37.7 Å². The van der Waals surface area contributed by atoms with E-state index in [1.54, 1.807) is 0 Å². The highest BCUT2D eigenvalue weighted by Crippen LogP contribution is 2.29. The molecule has 6 nitrogen and oxygen atoms in total. The van der Waals surface area contributed by atoms with Gasteiger partial charge in [-0.05, 0) is 56.1 Å². The molecule has 2 heterocycles. The molecule has 0 amide bonds. The molecule has 160 valence electrons. The SMILES string of the molecule is CCNC(=NCc1ccc(N2CCCC2)nc1)NCC(CC)(CC)CCO.I. The van der Waals surface area contributed by atoms with Crippen LogP contribution < -0.4 is 15.5 Å². The number of anilines is 1. The molecule has 3 N–H and O–H groups in total. The van der Waals surface area contributed by atoms with Crippen LogP contribution in [-0.4, -0.2) is 48.8 Å². The second kappa shape index (κ2) is 13.2. The topological polar surface area (TPSA) is 72.8 Å². The molecule has 0 spiro atoms. The average Bonchev–Trinajstić information content (AvgIpc) is 3.24. The Morgan fingerprint density at radius 3 is 2.43 bits per heavy atom. The predicted octanol–water partition coefficient (Wildman–Crippen LogP) is 3.54. The van der Waals surface area contributed by atoms with Crippen molar-refractivity contribution in [2.24, 2.45) is 10.4 Å². The maximum atomic E-state index is 9.40. The van der Waals surface area contributed by atoms with Gasteiger partial charge >= 0.3 is 0 Å². The number of halogens is 1. The van der Waals surface area contributed by atoms with Crippen molar-refractivity contribution < 1.29 is 5.11 Å². The molecule has 1 aromatic rings. The Balaban J connectivity index is 0.00000392. The van der Waals surface area contributed by atoms with Gasteiger partial charge in [-0.15, -0.1) is 24.0 Å². The van der Waals surface area contributed by atoms with Gasteiger partial charge in [-0.3, -0.25) is 0 Å². The number of guanidine groups is 1. The molecule has 1 fully saturated rings. The van der Waals surface area contributed by atoms with Crippen molar-refractivity contribution in [3.05, 3.63) is 23.9 Å². The maximum Gasteiger partial charge on any atom is 0.191 e. The Morgan fingerprint density at radius 1 is 1.18 bits per heavy atom. The molecular formula is C21H38IN5O. The number of hydrogen-bond donors (Lipinski definition) is 3. The highest BCUT2D eigenvalue weighted by atomic mass is 127. The van der Waals surface area contributed by atoms with Crippen LogP contribution in [0.15, 0.2) is 23.3 Å². The van der Waals surface area contributed by atoms with Crippen LogP contribution in [-0.2, 0) is 6.54 Å². The fraction of sp³-hybridized carbons (Fsp3) is 0.714. The van der Waals surface area contributed by atoms with Crippen LogP contribution in [0.1, 0.15) is 58.4 Å². The quantitative estimate of drug-likeness (QED) is 0.259. The minimum absolute atomic E-state index is 0. The van der Waals surface area contributed by atoms with Crippen molar-refractivity contribution >= 4 is 35.8 Å². The van der Waals surface area contributed by atoms with Gasteiger partial charge in [0, 0.05) is 39.0 Å². The van der Waals surface area contributed by atoms with Gasteiger partial charge in [0.05, 0.1) is 6.54 Å². The molecule has 0 saturated carbocycles. The van der Waals surface area contributed by atoms with Gasteiger partial charge in [0.25, 0.3) is 0 Å². The van der Waals surface area contributed by atoms with Gasteiger partial charge in [0.1, 0.15) is 5.82 Å². The first kappa shape index (κ1) is 24.9. The fourth-order valence-electron chi connectivity index (χ4n) is 3.61. The van der Waals surface area contributed by atoms with E-state index in [2.05, 4.69) is 53.4 Å². The van der Waals surface area contributed by atoms with Crippen LogP contribution in [0.3, 0.4) is 0 Å². The van der Waals surface area contributed by atoms with Crippen molar-refractivity contribution in [1.29, 1.82) is 0 Å². The molecule has 1 aliphatic rings. The number of aliphatic hydroxyl groups is 1. The highest BCUT2D eigenvalue weighted by Gasteiger charge is 2.25. The van der Waals surface area contributed by atoms with Crippen LogP contribution in [0.25, 0.3) is 0 Å². The summed E-state index contributed by atoms with van der Waals surface area (Å²) >= 11 is 0. The summed E-state index contributed by atoms with van der Waals surface area (Å²) in [6.07, 6.45) is 7.36. The summed E-state index contributed by atoms with van der Waals surface area (Å²) in [5.41, 5.74) is 1.23. The van der Waals surface area contributed by atoms with E-state index in [0.29, 0.717) is 6.54 Å². The van der Waals surface area contributed by atoms with E-state index in [0.717, 1.165) is 62.8 Å². The smallest absolute Gasteiger partial charge is 0.191 e. The van der Waals surface area contributed by atoms with E-state index in [-0.39, 0.29) is 36.0 Å². The van der Waals surface area contributed by atoms with E-state index < -0.39 is 0 Å². The summed E-state index contributed by atoms with van der Waals surface area (Å²) in [4.78, 5) is 11.7. The lowest BCUT2D eigenvalue weighted by molar-refractivity contribution is 0.169. The normalized spacial score (nSPS) is 14.7. The lowest BCUT2D eigenvalue weighted by Crippen LogP contribution is -2.43. The maximum absolute atomic E-state index is 9.40. The number of hydrogen-bond acceptors (Lipinski definition) is 4. The fourth-order valence-corrected chi connectivity index (χ4v) is 3.61. The lowest BCUT2D eigenvalue weighted by atomic mass is 9.79. The average molecular weight is 503 g/mol. The Morgan fingerprint density at radius 2 is 1.89 bits per heavy atom. The zero-order valence-electron chi connectivity index (χ0n) is 17.7. The van der Waals surface area contributed by atoms with Crippen LogP contribution in [0.2, 0.25) is 0 Å². The van der Waals surface area contributed by atoms with E-state index >= 15 is 0 Å². The highest BCUT2D eigenvalue weighted by molar-refractivity contribution is 14.0. The summed E-state index contributed by atoms with van der Waals surface area (Å²) in [5.74, 6) is 1.90. The van der Waals surface area contributed by atoms with E-state index in [4.69, 9.17) is 4.99 Å². The molecule has 1 aliphatic heterocycles. The summed E-state index contributed by atoms with van der Waals surface area (Å²) in [6.45, 7) is 11.2. The first-order valence-corrected chi connectivity index (χ1v) is 10.5. The van der Waals surface area contributed by atoms with Crippen molar-refractivity contribution in [2.45, 2.75) is 59.4 Å². The minimum Gasteiger partial charge on any atom is -0.396 e. The molecule has 0 atom stereocenters. The minimum atomic E-state index is 0. The van der Waals surface area contributed by atoms with E-state index in [9.17, 15) is 5.11 Å². The Bertz CT molecular complexity index is 569. The Kier molecular flexibility index (Phi) is 11.8. The number of aliphatic hydroxyl groups excluding tert-OH is 1. The standard InChI is InChI=1S/C21H37N5O.HI/c1-4-21(5-2,11-14-27)17-25-20(22-6-3)24-16-18-9-10-19(23-15-18)26-12-7-8-13-26;/h9-10,15,27H,4-8,11-14,16-17H2,1-3H3,(H2,22,24,25);1H. The summed E-state index contributed by atoms with van der Waals surface area (Å²) in [6, 6.07) is 4.23. The van der Waals surface area contributed by atoms with Crippen LogP contribution >= 0.6 is 24.0 Å². The second-order valence-electron chi connectivity index (χ2n) is 7.45. The second-order valence-corrected chi connectivity index (χ2v) is 7.45. The molecule has 7 heteroatoms. The predicted molar refractivity (Wildman–Crippen MR) is 129 cm³/mol. The number of aliphatic imine (C=N–C) groups is 1. The van der Waals surface area contributed by atoms with Crippen molar-refractivity contribution in [3.63, 3.8) is 0 Å². The zero-order chi connectivity index (χ0) is 19.5. The molecule has 0 radical (unpaired) electrons.